The molecule has 3 atom stereocenters. The zero-order chi connectivity index (χ0) is 11.3. The third kappa shape index (κ3) is 6.33. The Kier molecular flexibility index (Phi) is 7.77. The molecule has 1 saturated carbocycles. The molecule has 1 fully saturated rings. The summed E-state index contributed by atoms with van der Waals surface area (Å²) in [4.78, 5) is 11.5. The van der Waals surface area contributed by atoms with Crippen molar-refractivity contribution in [3.8, 4) is 0 Å². The molecule has 1 rings (SSSR count). The molecule has 0 bridgehead atoms. The molecular weight excluding hydrogens is 224 g/mol. The Labute approximate surface area is 105 Å². The molecule has 0 spiro atoms. The highest BCUT2D eigenvalue weighted by Crippen LogP contribution is 2.32. The highest BCUT2D eigenvalue weighted by atomic mass is 35.5. The summed E-state index contributed by atoms with van der Waals surface area (Å²) >= 11 is 0. The van der Waals surface area contributed by atoms with Gasteiger partial charge in [0.25, 0.3) is 0 Å². The Balaban J connectivity index is 0.00000225. The summed E-state index contributed by atoms with van der Waals surface area (Å²) in [6, 6.07) is 0.178. The van der Waals surface area contributed by atoms with Crippen LogP contribution in [-0.4, -0.2) is 18.5 Å². The van der Waals surface area contributed by atoms with Gasteiger partial charge in [-0.05, 0) is 38.0 Å². The van der Waals surface area contributed by atoms with Crippen molar-refractivity contribution in [3.05, 3.63) is 0 Å². The van der Waals surface area contributed by atoms with Crippen molar-refractivity contribution in [2.24, 2.45) is 17.6 Å². The summed E-state index contributed by atoms with van der Waals surface area (Å²) in [5.41, 5.74) is 5.61. The molecule has 0 saturated heterocycles. The number of hydrogen-bond donors (Lipinski definition) is 2. The lowest BCUT2D eigenvalue weighted by atomic mass is 10.0. The van der Waals surface area contributed by atoms with E-state index in [4.69, 9.17) is 5.73 Å². The van der Waals surface area contributed by atoms with E-state index in [2.05, 4.69) is 12.2 Å². The smallest absolute Gasteiger partial charge is 0.220 e. The van der Waals surface area contributed by atoms with Crippen LogP contribution in [0, 0.1) is 11.8 Å². The summed E-state index contributed by atoms with van der Waals surface area (Å²) in [5, 5.41) is 2.94. The van der Waals surface area contributed by atoms with Gasteiger partial charge in [0.1, 0.15) is 0 Å². The fourth-order valence-electron chi connectivity index (χ4n) is 2.28. The quantitative estimate of drug-likeness (QED) is 0.783. The number of halogens is 1. The Hall–Kier alpha value is -0.280. The first kappa shape index (κ1) is 15.7. The van der Waals surface area contributed by atoms with Gasteiger partial charge in [-0.3, -0.25) is 4.79 Å². The van der Waals surface area contributed by atoms with E-state index >= 15 is 0 Å². The molecule has 1 aliphatic rings. The van der Waals surface area contributed by atoms with E-state index in [1.165, 1.54) is 19.3 Å². The Morgan fingerprint density at radius 3 is 2.69 bits per heavy atom. The molecule has 4 heteroatoms. The fraction of sp³-hybridized carbons (Fsp3) is 0.917. The summed E-state index contributed by atoms with van der Waals surface area (Å²) in [6.07, 6.45) is 5.32. The predicted molar refractivity (Wildman–Crippen MR) is 69.6 cm³/mol. The third-order valence-corrected chi connectivity index (χ3v) is 3.20. The molecule has 0 radical (unpaired) electrons. The molecule has 3 nitrogen and oxygen atoms in total. The number of hydrogen-bond acceptors (Lipinski definition) is 2. The highest BCUT2D eigenvalue weighted by molar-refractivity contribution is 5.85. The van der Waals surface area contributed by atoms with E-state index in [0.29, 0.717) is 12.3 Å². The van der Waals surface area contributed by atoms with E-state index in [1.54, 1.807) is 0 Å². The fourth-order valence-corrected chi connectivity index (χ4v) is 2.28. The van der Waals surface area contributed by atoms with Crippen LogP contribution in [-0.2, 0) is 4.79 Å². The molecule has 0 aromatic heterocycles. The standard InChI is InChI=1S/C12H24N2O.ClH/c1-9-3-4-11(7-9)8-12(15)14-6-5-10(2)13;/h9-11H,3-8,13H2,1-2H3,(H,14,15);1H. The minimum absolute atomic E-state index is 0. The third-order valence-electron chi connectivity index (χ3n) is 3.20. The van der Waals surface area contributed by atoms with Crippen LogP contribution in [0.25, 0.3) is 0 Å². The van der Waals surface area contributed by atoms with Gasteiger partial charge in [-0.15, -0.1) is 12.4 Å². The van der Waals surface area contributed by atoms with Crippen LogP contribution in [0.1, 0.15) is 46.0 Å². The number of rotatable bonds is 5. The van der Waals surface area contributed by atoms with Crippen molar-refractivity contribution < 1.29 is 4.79 Å². The van der Waals surface area contributed by atoms with Crippen molar-refractivity contribution in [3.63, 3.8) is 0 Å². The van der Waals surface area contributed by atoms with Crippen LogP contribution in [0.15, 0.2) is 0 Å². The summed E-state index contributed by atoms with van der Waals surface area (Å²) in [7, 11) is 0. The lowest BCUT2D eigenvalue weighted by Gasteiger charge is -2.10. The molecular formula is C12H25ClN2O. The van der Waals surface area contributed by atoms with Gasteiger partial charge < -0.3 is 11.1 Å². The van der Waals surface area contributed by atoms with Gasteiger partial charge in [-0.1, -0.05) is 13.3 Å². The minimum atomic E-state index is 0. The average Bonchev–Trinajstić information content (AvgIpc) is 2.50. The van der Waals surface area contributed by atoms with Crippen molar-refractivity contribution >= 4 is 18.3 Å². The second-order valence-corrected chi connectivity index (χ2v) is 5.10. The van der Waals surface area contributed by atoms with Gasteiger partial charge in [0, 0.05) is 19.0 Å². The maximum atomic E-state index is 11.5. The normalized spacial score (nSPS) is 25.9. The maximum Gasteiger partial charge on any atom is 0.220 e. The molecule has 3 N–H and O–H groups in total. The van der Waals surface area contributed by atoms with Crippen molar-refractivity contribution in [2.45, 2.75) is 52.0 Å². The zero-order valence-corrected chi connectivity index (χ0v) is 11.2. The molecule has 0 aromatic rings. The molecule has 96 valence electrons. The van der Waals surface area contributed by atoms with Crippen molar-refractivity contribution in [1.82, 2.24) is 5.32 Å². The zero-order valence-electron chi connectivity index (χ0n) is 10.4. The maximum absolute atomic E-state index is 11.5. The lowest BCUT2D eigenvalue weighted by Crippen LogP contribution is -2.29. The van der Waals surface area contributed by atoms with E-state index in [-0.39, 0.29) is 24.4 Å². The first-order chi connectivity index (χ1) is 7.08. The first-order valence-electron chi connectivity index (χ1n) is 6.10. The Bertz CT molecular complexity index is 209. The van der Waals surface area contributed by atoms with Gasteiger partial charge in [-0.2, -0.15) is 0 Å². The summed E-state index contributed by atoms with van der Waals surface area (Å²) in [6.45, 7) is 4.96. The number of carbonyl (C=O) groups is 1. The van der Waals surface area contributed by atoms with Crippen LogP contribution < -0.4 is 11.1 Å². The van der Waals surface area contributed by atoms with Crippen LogP contribution >= 0.6 is 12.4 Å². The van der Waals surface area contributed by atoms with Crippen LogP contribution in [0.5, 0.6) is 0 Å². The van der Waals surface area contributed by atoms with Crippen LogP contribution in [0.4, 0.5) is 0 Å². The van der Waals surface area contributed by atoms with E-state index in [9.17, 15) is 4.79 Å². The number of nitrogens with two attached hydrogens (primary N) is 1. The van der Waals surface area contributed by atoms with Crippen molar-refractivity contribution in [1.29, 1.82) is 0 Å². The van der Waals surface area contributed by atoms with Gasteiger partial charge in [0.05, 0.1) is 0 Å². The summed E-state index contributed by atoms with van der Waals surface area (Å²) < 4.78 is 0. The summed E-state index contributed by atoms with van der Waals surface area (Å²) in [5.74, 6) is 1.64. The number of nitrogens with one attached hydrogen (secondary N) is 1. The Morgan fingerprint density at radius 2 is 2.19 bits per heavy atom. The van der Waals surface area contributed by atoms with Gasteiger partial charge in [-0.25, -0.2) is 0 Å². The second-order valence-electron chi connectivity index (χ2n) is 5.10. The number of amides is 1. The lowest BCUT2D eigenvalue weighted by molar-refractivity contribution is -0.122. The SMILES string of the molecule is CC(N)CCNC(=O)CC1CCC(C)C1.Cl. The first-order valence-corrected chi connectivity index (χ1v) is 6.10. The topological polar surface area (TPSA) is 55.1 Å². The van der Waals surface area contributed by atoms with Crippen LogP contribution in [0.3, 0.4) is 0 Å². The van der Waals surface area contributed by atoms with Gasteiger partial charge in [0.2, 0.25) is 5.91 Å². The van der Waals surface area contributed by atoms with E-state index < -0.39 is 0 Å². The molecule has 3 unspecified atom stereocenters. The number of carbonyl (C=O) groups excluding carboxylic acids is 1. The molecule has 0 aromatic carbocycles. The molecule has 1 amide bonds. The molecule has 1 aliphatic carbocycles. The molecule has 0 heterocycles. The molecule has 0 aliphatic heterocycles. The van der Waals surface area contributed by atoms with Gasteiger partial charge >= 0.3 is 0 Å². The van der Waals surface area contributed by atoms with Crippen molar-refractivity contribution in [2.75, 3.05) is 6.54 Å². The largest absolute Gasteiger partial charge is 0.356 e. The van der Waals surface area contributed by atoms with Gasteiger partial charge in [0.15, 0.2) is 0 Å². The predicted octanol–water partition coefficient (Wildman–Crippen LogP) is 2.09. The van der Waals surface area contributed by atoms with E-state index in [1.807, 2.05) is 6.92 Å². The Morgan fingerprint density at radius 1 is 1.50 bits per heavy atom. The monoisotopic (exact) mass is 248 g/mol. The molecule has 16 heavy (non-hydrogen) atoms. The highest BCUT2D eigenvalue weighted by Gasteiger charge is 2.23. The van der Waals surface area contributed by atoms with E-state index in [0.717, 1.165) is 18.9 Å². The average molecular weight is 249 g/mol. The minimum Gasteiger partial charge on any atom is -0.356 e. The second kappa shape index (κ2) is 7.91. The van der Waals surface area contributed by atoms with Crippen LogP contribution in [0.2, 0.25) is 0 Å².